The Bertz CT molecular complexity index is 886. The number of nitrogens with one attached hydrogen (secondary N) is 2. The van der Waals surface area contributed by atoms with Gasteiger partial charge in [-0.05, 0) is 13.0 Å². The predicted molar refractivity (Wildman–Crippen MR) is 118 cm³/mol. The van der Waals surface area contributed by atoms with Crippen LogP contribution in [0.5, 0.6) is 5.88 Å². The Labute approximate surface area is 183 Å². The van der Waals surface area contributed by atoms with Gasteiger partial charge in [-0.2, -0.15) is 0 Å². The van der Waals surface area contributed by atoms with Gasteiger partial charge in [0.25, 0.3) is 0 Å². The third-order valence-corrected chi connectivity index (χ3v) is 6.29. The molecule has 3 heterocycles. The van der Waals surface area contributed by atoms with Gasteiger partial charge in [0.05, 0.1) is 0 Å². The molecule has 4 N–H and O–H groups in total. The number of ether oxygens (including phenoxy) is 1. The SMILES string of the molecule is CC(C)(C)C(Oc1ccc(-c2cc(C(N)=O)c(NC(=O)[AsH2])s2)cn1)C1CCNC1. The Morgan fingerprint density at radius 1 is 1.41 bits per heavy atom. The predicted octanol–water partition coefficient (Wildman–Crippen LogP) is 2.48. The number of primary amides is 1. The number of carbonyl (C=O) groups excluding carboxylic acids is 2. The van der Waals surface area contributed by atoms with Crippen LogP contribution in [0.15, 0.2) is 24.4 Å². The molecule has 3 unspecified atom stereocenters. The Balaban J connectivity index is 1.81. The topological polar surface area (TPSA) is 106 Å². The van der Waals surface area contributed by atoms with E-state index in [-0.39, 0.29) is 16.2 Å². The van der Waals surface area contributed by atoms with Crippen molar-refractivity contribution in [3.8, 4) is 16.3 Å². The fourth-order valence-corrected chi connectivity index (χ4v) is 5.14. The van der Waals surface area contributed by atoms with Gasteiger partial charge in [-0.3, -0.25) is 0 Å². The first-order chi connectivity index (χ1) is 13.6. The second-order valence-corrected chi connectivity index (χ2v) is 10.4. The van der Waals surface area contributed by atoms with E-state index in [4.69, 9.17) is 10.5 Å². The van der Waals surface area contributed by atoms with Crippen molar-refractivity contribution >= 4 is 43.8 Å². The number of nitrogens with zero attached hydrogens (tertiary/aromatic N) is 1. The molecule has 29 heavy (non-hydrogen) atoms. The molecule has 1 saturated heterocycles. The maximum atomic E-state index is 11.7. The Kier molecular flexibility index (Phi) is 6.66. The molecular formula is C20H27AsN4O3S. The first-order valence-corrected chi connectivity index (χ1v) is 11.5. The van der Waals surface area contributed by atoms with Crippen LogP contribution < -0.4 is 21.1 Å². The maximum absolute atomic E-state index is 11.7. The minimum Gasteiger partial charge on any atom is -0.316 e. The molecule has 3 rings (SSSR count). The molecule has 0 radical (unpaired) electrons. The molecule has 1 fully saturated rings. The van der Waals surface area contributed by atoms with Crippen LogP contribution in [0.4, 0.5) is 9.80 Å². The minimum atomic E-state index is -0.574. The number of thiophene rings is 1. The van der Waals surface area contributed by atoms with E-state index in [1.807, 2.05) is 12.1 Å². The average molecular weight is 478 g/mol. The molecule has 156 valence electrons. The van der Waals surface area contributed by atoms with Crippen LogP contribution in [0.2, 0.25) is 0 Å². The van der Waals surface area contributed by atoms with Crippen molar-refractivity contribution in [3.05, 3.63) is 30.0 Å². The summed E-state index contributed by atoms with van der Waals surface area (Å²) in [5.74, 6) is 0.459. The summed E-state index contributed by atoms with van der Waals surface area (Å²) in [7, 11) is 0. The van der Waals surface area contributed by atoms with Gasteiger partial charge in [-0.15, -0.1) is 0 Å². The van der Waals surface area contributed by atoms with Crippen molar-refractivity contribution in [3.63, 3.8) is 0 Å². The molecule has 3 atom stereocenters. The van der Waals surface area contributed by atoms with Crippen molar-refractivity contribution in [2.24, 2.45) is 17.1 Å². The fourth-order valence-electron chi connectivity index (χ4n) is 3.56. The number of rotatable bonds is 6. The molecule has 0 bridgehead atoms. The van der Waals surface area contributed by atoms with Crippen LogP contribution in [0.1, 0.15) is 37.6 Å². The van der Waals surface area contributed by atoms with E-state index in [1.54, 1.807) is 12.3 Å². The summed E-state index contributed by atoms with van der Waals surface area (Å²) in [5, 5.41) is 6.55. The number of nitrogens with two attached hydrogens (primary N) is 1. The van der Waals surface area contributed by atoms with Gasteiger partial charge in [0.15, 0.2) is 0 Å². The Morgan fingerprint density at radius 2 is 2.17 bits per heavy atom. The summed E-state index contributed by atoms with van der Waals surface area (Å²) in [6.45, 7) is 8.54. The number of anilines is 1. The van der Waals surface area contributed by atoms with Crippen LogP contribution in [0, 0.1) is 11.3 Å². The summed E-state index contributed by atoms with van der Waals surface area (Å²) >= 11 is 2.22. The Morgan fingerprint density at radius 3 is 2.69 bits per heavy atom. The molecule has 0 aliphatic carbocycles. The standard InChI is InChI=1S/C20H27AsN4O3S/c1-20(2,3)16(12-6-7-23-9-12)28-15-5-4-11(10-24-15)14-8-13(17(22)26)18(29-14)25-19(21)27/h4-5,8,10,12,16,23H,6-7,9,21H2,1-3H3,(H2,22,26)(H,25,27). The van der Waals surface area contributed by atoms with E-state index in [0.717, 1.165) is 46.8 Å². The van der Waals surface area contributed by atoms with E-state index in [2.05, 4.69) is 36.4 Å². The zero-order valence-electron chi connectivity index (χ0n) is 16.8. The molecular weight excluding hydrogens is 451 g/mol. The van der Waals surface area contributed by atoms with Crippen molar-refractivity contribution in [2.45, 2.75) is 33.3 Å². The van der Waals surface area contributed by atoms with Gasteiger partial charge in [-0.25, -0.2) is 0 Å². The molecule has 7 nitrogen and oxygen atoms in total. The third-order valence-electron chi connectivity index (χ3n) is 4.88. The Hall–Kier alpha value is -1.89. The second-order valence-electron chi connectivity index (χ2n) is 8.25. The van der Waals surface area contributed by atoms with Gasteiger partial charge in [0.1, 0.15) is 0 Å². The van der Waals surface area contributed by atoms with Gasteiger partial charge in [0.2, 0.25) is 0 Å². The van der Waals surface area contributed by atoms with Gasteiger partial charge >= 0.3 is 138 Å². The smallest absolute Gasteiger partial charge is 0.316 e. The zero-order chi connectivity index (χ0) is 21.2. The molecule has 0 aromatic carbocycles. The first-order valence-electron chi connectivity index (χ1n) is 9.49. The summed E-state index contributed by atoms with van der Waals surface area (Å²) in [6.07, 6.45) is 2.88. The normalized spacial score (nSPS) is 17.7. The van der Waals surface area contributed by atoms with Crippen LogP contribution in [-0.2, 0) is 0 Å². The molecule has 1 aliphatic heterocycles. The van der Waals surface area contributed by atoms with Crippen molar-refractivity contribution in [2.75, 3.05) is 18.4 Å². The molecule has 2 aromatic rings. The van der Waals surface area contributed by atoms with Crippen molar-refractivity contribution in [1.29, 1.82) is 0 Å². The van der Waals surface area contributed by atoms with Crippen LogP contribution in [0.25, 0.3) is 10.4 Å². The fraction of sp³-hybridized carbons (Fsp3) is 0.450. The third kappa shape index (κ3) is 5.38. The number of pyridine rings is 1. The van der Waals surface area contributed by atoms with E-state index >= 15 is 0 Å². The van der Waals surface area contributed by atoms with Gasteiger partial charge in [0, 0.05) is 6.54 Å². The van der Waals surface area contributed by atoms with E-state index in [1.165, 1.54) is 11.3 Å². The number of carbonyl (C=O) groups is 2. The van der Waals surface area contributed by atoms with Crippen molar-refractivity contribution in [1.82, 2.24) is 10.3 Å². The average Bonchev–Trinajstić information content (AvgIpc) is 3.28. The van der Waals surface area contributed by atoms with E-state index in [9.17, 15) is 9.59 Å². The quantitative estimate of drug-likeness (QED) is 0.554. The van der Waals surface area contributed by atoms with Crippen LogP contribution >= 0.6 is 11.3 Å². The first kappa shape index (κ1) is 21.8. The van der Waals surface area contributed by atoms with E-state index < -0.39 is 5.91 Å². The molecule has 1 aliphatic rings. The molecule has 0 saturated carbocycles. The van der Waals surface area contributed by atoms with Gasteiger partial charge in [-0.1, -0.05) is 20.8 Å². The molecule has 2 amide bonds. The number of hydrogen-bond acceptors (Lipinski definition) is 6. The van der Waals surface area contributed by atoms with Gasteiger partial charge < -0.3 is 5.32 Å². The number of hydrogen-bond donors (Lipinski definition) is 3. The van der Waals surface area contributed by atoms with E-state index in [0.29, 0.717) is 22.4 Å². The summed E-state index contributed by atoms with van der Waals surface area (Å²) in [4.78, 5) is 28.4. The monoisotopic (exact) mass is 478 g/mol. The number of aromatic nitrogens is 1. The zero-order valence-corrected chi connectivity index (χ0v) is 20.1. The van der Waals surface area contributed by atoms with Crippen LogP contribution in [-0.4, -0.2) is 51.6 Å². The number of amides is 2. The summed E-state index contributed by atoms with van der Waals surface area (Å²) < 4.78 is 6.11. The minimum absolute atomic E-state index is 0.00404. The van der Waals surface area contributed by atoms with Crippen molar-refractivity contribution < 1.29 is 14.3 Å². The second kappa shape index (κ2) is 8.86. The summed E-state index contributed by atoms with van der Waals surface area (Å²) in [6, 6.07) is 5.44. The molecule has 9 heteroatoms. The van der Waals surface area contributed by atoms with Crippen LogP contribution in [0.3, 0.4) is 0 Å². The molecule has 0 spiro atoms. The summed E-state index contributed by atoms with van der Waals surface area (Å²) in [5.41, 5.74) is 6.58. The molecule has 2 aromatic heterocycles.